The van der Waals surface area contributed by atoms with E-state index in [0.717, 1.165) is 33.6 Å². The molecule has 12 heteroatoms. The van der Waals surface area contributed by atoms with Gasteiger partial charge < -0.3 is 4.74 Å². The highest BCUT2D eigenvalue weighted by Gasteiger charge is 2.40. The molecule has 54 heavy (non-hydrogen) atoms. The zero-order valence-electron chi connectivity index (χ0n) is 28.5. The number of hydrogen-bond acceptors (Lipinski definition) is 7. The average Bonchev–Trinajstić information content (AvgIpc) is 3.85. The topological polar surface area (TPSA) is 87.0 Å². The van der Waals surface area contributed by atoms with E-state index >= 15 is 0 Å². The van der Waals surface area contributed by atoms with E-state index in [1.54, 1.807) is 24.3 Å². The van der Waals surface area contributed by atoms with Crippen molar-refractivity contribution >= 4 is 32.1 Å². The van der Waals surface area contributed by atoms with E-state index in [9.17, 15) is 21.6 Å². The third kappa shape index (κ3) is 6.54. The van der Waals surface area contributed by atoms with Gasteiger partial charge in [0, 0.05) is 29.0 Å². The number of hydrogen-bond donors (Lipinski definition) is 0. The van der Waals surface area contributed by atoms with Crippen molar-refractivity contribution in [3.63, 3.8) is 0 Å². The molecule has 0 aliphatic heterocycles. The number of ether oxygens (including phenoxy) is 1. The van der Waals surface area contributed by atoms with Crippen LogP contribution in [0.2, 0.25) is 0 Å². The Morgan fingerprint density at radius 2 is 1.24 bits per heavy atom. The quantitative estimate of drug-likeness (QED) is 0.136. The summed E-state index contributed by atoms with van der Waals surface area (Å²) in [7, 11) is -3.43. The van der Waals surface area contributed by atoms with Crippen molar-refractivity contribution < 1.29 is 26.3 Å². The molecule has 0 saturated heterocycles. The summed E-state index contributed by atoms with van der Waals surface area (Å²) in [5.74, 6) is -0.351. The maximum atomic E-state index is 13.1. The van der Waals surface area contributed by atoms with Crippen LogP contribution < -0.4 is 4.74 Å². The van der Waals surface area contributed by atoms with Crippen molar-refractivity contribution in [2.45, 2.75) is 16.1 Å². The fraction of sp³-hybridized carbons (Fsp3) is 0.0714. The van der Waals surface area contributed by atoms with Gasteiger partial charge in [0.25, 0.3) is 0 Å². The van der Waals surface area contributed by atoms with Gasteiger partial charge in [-0.3, -0.25) is 4.68 Å². The lowest BCUT2D eigenvalue weighted by molar-refractivity contribution is -0.274. The molecule has 0 saturated carbocycles. The van der Waals surface area contributed by atoms with E-state index in [4.69, 9.17) is 5.10 Å². The van der Waals surface area contributed by atoms with Gasteiger partial charge in [-0.1, -0.05) is 97.1 Å². The maximum Gasteiger partial charge on any atom is 0.573 e. The van der Waals surface area contributed by atoms with Crippen molar-refractivity contribution in [2.24, 2.45) is 0 Å². The number of aromatic nitrogens is 4. The second kappa shape index (κ2) is 13.7. The van der Waals surface area contributed by atoms with Crippen molar-refractivity contribution in [3.05, 3.63) is 175 Å². The van der Waals surface area contributed by atoms with Crippen LogP contribution in [0.15, 0.2) is 162 Å². The first-order chi connectivity index (χ1) is 26.0. The molecule has 0 fully saturated rings. The molecule has 3 heterocycles. The number of nitrogens with zero attached hydrogens (tertiary/aromatic N) is 4. The highest BCUT2D eigenvalue weighted by atomic mass is 32.2. The number of benzene rings is 5. The summed E-state index contributed by atoms with van der Waals surface area (Å²) in [6, 6.07) is 44.7. The minimum Gasteiger partial charge on any atom is -0.406 e. The Labute approximate surface area is 312 Å². The summed E-state index contributed by atoms with van der Waals surface area (Å²) < 4.78 is 70.4. The Morgan fingerprint density at radius 1 is 0.667 bits per heavy atom. The van der Waals surface area contributed by atoms with Crippen LogP contribution in [0, 0.1) is 0 Å². The van der Waals surface area contributed by atoms with Crippen LogP contribution in [0.25, 0.3) is 43.9 Å². The predicted molar refractivity (Wildman–Crippen MR) is 204 cm³/mol. The first-order valence-electron chi connectivity index (χ1n) is 16.7. The highest BCUT2D eigenvalue weighted by molar-refractivity contribution is 7.92. The molecule has 0 unspecified atom stereocenters. The van der Waals surface area contributed by atoms with E-state index in [2.05, 4.69) is 51.1 Å². The van der Waals surface area contributed by atoms with Gasteiger partial charge in [0.15, 0.2) is 9.84 Å². The smallest absolute Gasteiger partial charge is 0.406 e. The molecule has 3 aromatic heterocycles. The molecule has 0 amide bonds. The molecule has 268 valence electrons. The summed E-state index contributed by atoms with van der Waals surface area (Å²) in [5.41, 5.74) is 5.52. The van der Waals surface area contributed by atoms with Crippen LogP contribution in [0.5, 0.6) is 5.75 Å². The molecule has 0 spiro atoms. The molecule has 5 aromatic carbocycles. The van der Waals surface area contributed by atoms with E-state index in [1.165, 1.54) is 24.7 Å². The Hall–Kier alpha value is -6.11. The minimum atomic E-state index is -4.84. The number of sulfone groups is 1. The molecule has 0 atom stereocenters. The number of fused-ring (bicyclic) bond motifs is 1. The molecule has 0 bridgehead atoms. The fourth-order valence-corrected chi connectivity index (χ4v) is 8.73. The molecule has 0 aliphatic carbocycles. The third-order valence-corrected chi connectivity index (χ3v) is 12.0. The van der Waals surface area contributed by atoms with Crippen molar-refractivity contribution in [2.75, 3.05) is 6.26 Å². The molecule has 8 rings (SSSR count). The van der Waals surface area contributed by atoms with Crippen LogP contribution >= 0.6 is 11.3 Å². The molecular formula is C42H29F3N4O3S2. The van der Waals surface area contributed by atoms with Gasteiger partial charge in [0.05, 0.1) is 16.1 Å². The standard InChI is InChI=1S/C42H29F3N4O3S2/c1-54(50,51)38-24-23-37(53-38)40-34-25-29(19-22-36(34)46-27-47-40)35-26-49(48-39(35)28-17-20-33(21-18-28)52-42(43,44)45)41(30-11-5-2-6-12-30,31-13-7-3-8-14-31)32-15-9-4-10-16-32/h2-27H,1H3. The molecular weight excluding hydrogens is 730 g/mol. The van der Waals surface area contributed by atoms with Gasteiger partial charge in [-0.15, -0.1) is 24.5 Å². The summed E-state index contributed by atoms with van der Waals surface area (Å²) in [4.78, 5) is 9.72. The first kappa shape index (κ1) is 34.9. The molecule has 0 N–H and O–H groups in total. The SMILES string of the molecule is CS(=O)(=O)c1ccc(-c2ncnc3ccc(-c4cn(C(c5ccccc5)(c5ccccc5)c5ccccc5)nc4-c4ccc(OC(F)(F)F)cc4)cc23)s1. The summed E-state index contributed by atoms with van der Waals surface area (Å²) in [6.07, 6.45) is -0.274. The van der Waals surface area contributed by atoms with Gasteiger partial charge in [0.2, 0.25) is 0 Å². The fourth-order valence-electron chi connectivity index (χ4n) is 6.79. The van der Waals surface area contributed by atoms with Crippen molar-refractivity contribution in [3.8, 4) is 38.7 Å². The van der Waals surface area contributed by atoms with Crippen LogP contribution in [-0.2, 0) is 15.4 Å². The predicted octanol–water partition coefficient (Wildman–Crippen LogP) is 10.0. The van der Waals surface area contributed by atoms with E-state index < -0.39 is 21.7 Å². The van der Waals surface area contributed by atoms with Crippen molar-refractivity contribution in [1.82, 2.24) is 19.7 Å². The Balaban J connectivity index is 1.40. The summed E-state index contributed by atoms with van der Waals surface area (Å²) in [6.45, 7) is 0. The van der Waals surface area contributed by atoms with Crippen molar-refractivity contribution in [1.29, 1.82) is 0 Å². The Morgan fingerprint density at radius 3 is 1.78 bits per heavy atom. The lowest BCUT2D eigenvalue weighted by atomic mass is 9.77. The van der Waals surface area contributed by atoms with Gasteiger partial charge in [-0.25, -0.2) is 18.4 Å². The van der Waals surface area contributed by atoms with E-state index in [-0.39, 0.29) is 9.96 Å². The third-order valence-electron chi connectivity index (χ3n) is 9.12. The number of rotatable bonds is 9. The summed E-state index contributed by atoms with van der Waals surface area (Å²) >= 11 is 1.13. The second-order valence-electron chi connectivity index (χ2n) is 12.6. The van der Waals surface area contributed by atoms with E-state index in [1.807, 2.05) is 83.7 Å². The first-order valence-corrected chi connectivity index (χ1v) is 19.4. The second-order valence-corrected chi connectivity index (χ2v) is 15.9. The van der Waals surface area contributed by atoms with Crippen LogP contribution in [0.4, 0.5) is 13.2 Å². The molecule has 8 aromatic rings. The summed E-state index contributed by atoms with van der Waals surface area (Å²) in [5, 5.41) is 6.00. The Kier molecular flexibility index (Phi) is 8.87. The zero-order chi connectivity index (χ0) is 37.5. The van der Waals surface area contributed by atoms with Crippen LogP contribution in [-0.4, -0.2) is 40.8 Å². The van der Waals surface area contributed by atoms with Gasteiger partial charge in [-0.2, -0.15) is 5.10 Å². The lowest BCUT2D eigenvalue weighted by Crippen LogP contribution is -2.38. The van der Waals surface area contributed by atoms with E-state index in [0.29, 0.717) is 38.3 Å². The Bertz CT molecular complexity index is 2600. The van der Waals surface area contributed by atoms with Crippen LogP contribution in [0.1, 0.15) is 16.7 Å². The van der Waals surface area contributed by atoms with Gasteiger partial charge in [0.1, 0.15) is 27.5 Å². The number of halogens is 3. The molecule has 0 aliphatic rings. The monoisotopic (exact) mass is 758 g/mol. The van der Waals surface area contributed by atoms with Gasteiger partial charge in [-0.05, 0) is 70.8 Å². The molecule has 0 radical (unpaired) electrons. The zero-order valence-corrected chi connectivity index (χ0v) is 30.1. The largest absolute Gasteiger partial charge is 0.573 e. The maximum absolute atomic E-state index is 13.1. The molecule has 7 nitrogen and oxygen atoms in total. The van der Waals surface area contributed by atoms with Crippen LogP contribution in [0.3, 0.4) is 0 Å². The lowest BCUT2D eigenvalue weighted by Gasteiger charge is -2.36. The number of alkyl halides is 3. The van der Waals surface area contributed by atoms with Gasteiger partial charge >= 0.3 is 6.36 Å². The number of thiophene rings is 1. The normalized spacial score (nSPS) is 12.2. The highest BCUT2D eigenvalue weighted by Crippen LogP contribution is 2.44. The average molecular weight is 759 g/mol. The minimum absolute atomic E-state index is 0.223.